The number of nitrogens with one attached hydrogen (secondary N) is 1. The van der Waals surface area contributed by atoms with E-state index in [-0.39, 0.29) is 18.3 Å². The maximum absolute atomic E-state index is 11.5. The zero-order chi connectivity index (χ0) is 13.1. The molecule has 2 aromatic rings. The highest BCUT2D eigenvalue weighted by Gasteiger charge is 2.12. The van der Waals surface area contributed by atoms with Crippen molar-refractivity contribution in [2.45, 2.75) is 13.5 Å². The first-order chi connectivity index (χ1) is 8.60. The smallest absolute Gasteiger partial charge is 0.388 e. The van der Waals surface area contributed by atoms with Gasteiger partial charge in [-0.3, -0.25) is 4.79 Å². The maximum Gasteiger partial charge on any atom is 0.437 e. The Labute approximate surface area is 103 Å². The molecule has 0 unspecified atom stereocenters. The second kappa shape index (κ2) is 4.87. The molecule has 1 N–H and O–H groups in total. The first-order valence-corrected chi connectivity index (χ1v) is 5.45. The van der Waals surface area contributed by atoms with Crippen molar-refractivity contribution < 1.29 is 9.21 Å². The van der Waals surface area contributed by atoms with Gasteiger partial charge in [-0.2, -0.15) is 4.68 Å². The van der Waals surface area contributed by atoms with Gasteiger partial charge in [0.05, 0.1) is 0 Å². The summed E-state index contributed by atoms with van der Waals surface area (Å²) >= 11 is 0. The molecular weight excluding hydrogens is 234 g/mol. The fraction of sp³-hybridized carbons (Fsp3) is 0.250. The highest BCUT2D eigenvalue weighted by molar-refractivity contribution is 5.75. The number of hydrogen-bond donors (Lipinski definition) is 1. The fourth-order valence-electron chi connectivity index (χ4n) is 1.43. The van der Waals surface area contributed by atoms with Crippen molar-refractivity contribution in [2.75, 3.05) is 7.05 Å². The zero-order valence-electron chi connectivity index (χ0n) is 10.1. The van der Waals surface area contributed by atoms with Gasteiger partial charge in [0.1, 0.15) is 6.54 Å². The minimum absolute atomic E-state index is 0.148. The molecular formula is C12H13N3O3. The number of aryl methyl sites for hydroxylation is 1. The van der Waals surface area contributed by atoms with Crippen LogP contribution in [0.15, 0.2) is 33.5 Å². The fourth-order valence-corrected chi connectivity index (χ4v) is 1.43. The van der Waals surface area contributed by atoms with Gasteiger partial charge in [0, 0.05) is 12.6 Å². The summed E-state index contributed by atoms with van der Waals surface area (Å²) in [5.41, 5.74) is 1.80. The minimum Gasteiger partial charge on any atom is -0.388 e. The molecule has 1 amide bonds. The largest absolute Gasteiger partial charge is 0.437 e. The van der Waals surface area contributed by atoms with Gasteiger partial charge in [-0.05, 0) is 19.1 Å². The predicted octanol–water partition coefficient (Wildman–Crippen LogP) is 0.558. The van der Waals surface area contributed by atoms with Crippen LogP contribution < -0.4 is 11.1 Å². The SMILES string of the molecule is CNC(=O)Cn1nc(-c2ccc(C)cc2)oc1=O. The van der Waals surface area contributed by atoms with Gasteiger partial charge in [0.15, 0.2) is 0 Å². The van der Waals surface area contributed by atoms with Crippen molar-refractivity contribution in [3.63, 3.8) is 0 Å². The summed E-state index contributed by atoms with van der Waals surface area (Å²) in [5, 5.41) is 6.39. The lowest BCUT2D eigenvalue weighted by atomic mass is 10.1. The molecule has 1 aromatic carbocycles. The normalized spacial score (nSPS) is 10.3. The standard InChI is InChI=1S/C12H13N3O3/c1-8-3-5-9(6-4-8)11-14-15(12(17)18-11)7-10(16)13-2/h3-6H,7H2,1-2H3,(H,13,16). The van der Waals surface area contributed by atoms with Crippen LogP contribution in [0.5, 0.6) is 0 Å². The second-order valence-corrected chi connectivity index (χ2v) is 3.87. The topological polar surface area (TPSA) is 77.1 Å². The van der Waals surface area contributed by atoms with Gasteiger partial charge >= 0.3 is 5.76 Å². The third-order valence-corrected chi connectivity index (χ3v) is 2.48. The molecule has 6 heteroatoms. The Hall–Kier alpha value is -2.37. The lowest BCUT2D eigenvalue weighted by Gasteiger charge is -1.96. The Bertz CT molecular complexity index is 610. The lowest BCUT2D eigenvalue weighted by Crippen LogP contribution is -2.28. The van der Waals surface area contributed by atoms with E-state index in [1.54, 1.807) is 0 Å². The Balaban J connectivity index is 2.31. The van der Waals surface area contributed by atoms with Gasteiger partial charge < -0.3 is 9.73 Å². The van der Waals surface area contributed by atoms with Crippen LogP contribution in [-0.2, 0) is 11.3 Å². The number of likely N-dealkylation sites (N-methyl/N-ethyl adjacent to an activating group) is 1. The third kappa shape index (κ3) is 2.48. The summed E-state index contributed by atoms with van der Waals surface area (Å²) in [6.07, 6.45) is 0. The molecule has 0 aliphatic rings. The number of carbonyl (C=O) groups is 1. The van der Waals surface area contributed by atoms with E-state index < -0.39 is 5.76 Å². The highest BCUT2D eigenvalue weighted by Crippen LogP contribution is 2.15. The highest BCUT2D eigenvalue weighted by atomic mass is 16.4. The molecule has 94 valence electrons. The molecule has 2 rings (SSSR count). The van der Waals surface area contributed by atoms with Crippen LogP contribution >= 0.6 is 0 Å². The first-order valence-electron chi connectivity index (χ1n) is 5.45. The predicted molar refractivity (Wildman–Crippen MR) is 65.0 cm³/mol. The van der Waals surface area contributed by atoms with Crippen LogP contribution in [0.2, 0.25) is 0 Å². The van der Waals surface area contributed by atoms with E-state index in [0.29, 0.717) is 5.56 Å². The summed E-state index contributed by atoms with van der Waals surface area (Å²) < 4.78 is 6.00. The molecule has 0 fully saturated rings. The maximum atomic E-state index is 11.5. The van der Waals surface area contributed by atoms with E-state index in [4.69, 9.17) is 4.42 Å². The molecule has 0 saturated heterocycles. The minimum atomic E-state index is -0.644. The summed E-state index contributed by atoms with van der Waals surface area (Å²) in [4.78, 5) is 22.7. The molecule has 0 atom stereocenters. The van der Waals surface area contributed by atoms with Gasteiger partial charge in [0.25, 0.3) is 0 Å². The second-order valence-electron chi connectivity index (χ2n) is 3.87. The quantitative estimate of drug-likeness (QED) is 0.859. The van der Waals surface area contributed by atoms with Crippen LogP contribution in [0.4, 0.5) is 0 Å². The Kier molecular flexibility index (Phi) is 3.27. The molecule has 6 nitrogen and oxygen atoms in total. The Morgan fingerprint density at radius 2 is 2.06 bits per heavy atom. The Morgan fingerprint density at radius 1 is 1.39 bits per heavy atom. The summed E-state index contributed by atoms with van der Waals surface area (Å²) in [5.74, 6) is -0.737. The van der Waals surface area contributed by atoms with E-state index in [0.717, 1.165) is 10.2 Å². The van der Waals surface area contributed by atoms with Crippen LogP contribution in [0.3, 0.4) is 0 Å². The van der Waals surface area contributed by atoms with E-state index in [1.807, 2.05) is 31.2 Å². The summed E-state index contributed by atoms with van der Waals surface area (Å²) in [6.45, 7) is 1.81. The van der Waals surface area contributed by atoms with Crippen molar-refractivity contribution in [3.8, 4) is 11.5 Å². The molecule has 0 radical (unpaired) electrons. The average Bonchev–Trinajstić information content (AvgIpc) is 2.71. The Morgan fingerprint density at radius 3 is 2.67 bits per heavy atom. The van der Waals surface area contributed by atoms with Crippen LogP contribution in [0.1, 0.15) is 5.56 Å². The third-order valence-electron chi connectivity index (χ3n) is 2.48. The van der Waals surface area contributed by atoms with Gasteiger partial charge in [-0.25, -0.2) is 4.79 Å². The van der Waals surface area contributed by atoms with Crippen LogP contribution in [0.25, 0.3) is 11.5 Å². The van der Waals surface area contributed by atoms with E-state index in [9.17, 15) is 9.59 Å². The number of rotatable bonds is 3. The van der Waals surface area contributed by atoms with Crippen LogP contribution in [-0.4, -0.2) is 22.7 Å². The number of amides is 1. The van der Waals surface area contributed by atoms with Crippen molar-refractivity contribution in [1.29, 1.82) is 0 Å². The number of benzene rings is 1. The molecule has 0 bridgehead atoms. The number of nitrogens with zero attached hydrogens (tertiary/aromatic N) is 2. The molecule has 18 heavy (non-hydrogen) atoms. The van der Waals surface area contributed by atoms with Gasteiger partial charge in [-0.15, -0.1) is 5.10 Å². The average molecular weight is 247 g/mol. The lowest BCUT2D eigenvalue weighted by molar-refractivity contribution is -0.121. The van der Waals surface area contributed by atoms with E-state index in [2.05, 4.69) is 10.4 Å². The number of carbonyl (C=O) groups excluding carboxylic acids is 1. The van der Waals surface area contributed by atoms with Gasteiger partial charge in [0.2, 0.25) is 11.8 Å². The summed E-state index contributed by atoms with van der Waals surface area (Å²) in [6, 6.07) is 7.41. The molecule has 0 aliphatic heterocycles. The monoisotopic (exact) mass is 247 g/mol. The summed E-state index contributed by atoms with van der Waals surface area (Å²) in [7, 11) is 1.49. The van der Waals surface area contributed by atoms with Crippen molar-refractivity contribution in [3.05, 3.63) is 40.4 Å². The molecule has 0 saturated carbocycles. The van der Waals surface area contributed by atoms with E-state index in [1.165, 1.54) is 7.05 Å². The van der Waals surface area contributed by atoms with Crippen molar-refractivity contribution >= 4 is 5.91 Å². The van der Waals surface area contributed by atoms with Gasteiger partial charge in [-0.1, -0.05) is 17.7 Å². The van der Waals surface area contributed by atoms with Crippen molar-refractivity contribution in [2.24, 2.45) is 0 Å². The van der Waals surface area contributed by atoms with E-state index >= 15 is 0 Å². The van der Waals surface area contributed by atoms with Crippen LogP contribution in [0, 0.1) is 6.92 Å². The number of aromatic nitrogens is 2. The first kappa shape index (κ1) is 12.1. The molecule has 0 aliphatic carbocycles. The molecule has 1 aromatic heterocycles. The van der Waals surface area contributed by atoms with Crippen molar-refractivity contribution in [1.82, 2.24) is 15.1 Å². The zero-order valence-corrected chi connectivity index (χ0v) is 10.1. The number of hydrogen-bond acceptors (Lipinski definition) is 4. The molecule has 1 heterocycles. The molecule has 0 spiro atoms.